The molecule has 1 amide bonds. The molecule has 0 spiro atoms. The summed E-state index contributed by atoms with van der Waals surface area (Å²) < 4.78 is 20.6. The summed E-state index contributed by atoms with van der Waals surface area (Å²) >= 11 is 1.24. The Labute approximate surface area is 167 Å². The van der Waals surface area contributed by atoms with E-state index in [1.165, 1.54) is 22.7 Å². The summed E-state index contributed by atoms with van der Waals surface area (Å²) in [4.78, 5) is 36.7. The summed E-state index contributed by atoms with van der Waals surface area (Å²) in [6.45, 7) is 4.33. The van der Waals surface area contributed by atoms with E-state index in [9.17, 15) is 14.4 Å². The zero-order chi connectivity index (χ0) is 20.4. The predicted molar refractivity (Wildman–Crippen MR) is 103 cm³/mol. The molecule has 1 aliphatic heterocycles. The van der Waals surface area contributed by atoms with Crippen molar-refractivity contribution in [3.05, 3.63) is 35.4 Å². The maximum Gasteiger partial charge on any atom is 0.344 e. The van der Waals surface area contributed by atoms with Crippen LogP contribution in [0.4, 0.5) is 0 Å². The summed E-state index contributed by atoms with van der Waals surface area (Å²) in [7, 11) is 0. The van der Waals surface area contributed by atoms with Crippen LogP contribution in [0.2, 0.25) is 0 Å². The third-order valence-corrected chi connectivity index (χ3v) is 4.53. The van der Waals surface area contributed by atoms with Gasteiger partial charge in [0, 0.05) is 0 Å². The zero-order valence-electron chi connectivity index (χ0n) is 15.8. The Kier molecular flexibility index (Phi) is 8.67. The van der Waals surface area contributed by atoms with Crippen LogP contribution in [0, 0.1) is 0 Å². The highest BCUT2D eigenvalue weighted by molar-refractivity contribution is 8.04. The lowest BCUT2D eigenvalue weighted by Gasteiger charge is -2.16. The third kappa shape index (κ3) is 6.80. The van der Waals surface area contributed by atoms with Gasteiger partial charge < -0.3 is 23.8 Å². The second-order valence-corrected chi connectivity index (χ2v) is 6.48. The normalized spacial score (nSPS) is 14.9. The maximum absolute atomic E-state index is 11.9. The first-order chi connectivity index (χ1) is 13.5. The fourth-order valence-electron chi connectivity index (χ4n) is 2.29. The molecule has 0 N–H and O–H groups in total. The number of carbonyl (C=O) groups excluding carboxylic acids is 3. The van der Waals surface area contributed by atoms with Crippen molar-refractivity contribution >= 4 is 29.6 Å². The number of thioether (sulfide) groups is 1. The van der Waals surface area contributed by atoms with E-state index in [-0.39, 0.29) is 38.0 Å². The Balaban J connectivity index is 1.74. The number of hydrogen-bond donors (Lipinski definition) is 0. The van der Waals surface area contributed by atoms with Crippen LogP contribution in [-0.2, 0) is 23.9 Å². The second kappa shape index (κ2) is 11.2. The number of rotatable bonds is 10. The van der Waals surface area contributed by atoms with Gasteiger partial charge in [-0.2, -0.15) is 0 Å². The zero-order valence-corrected chi connectivity index (χ0v) is 16.7. The Morgan fingerprint density at radius 2 is 1.75 bits per heavy atom. The number of carbonyl (C=O) groups is 3. The van der Waals surface area contributed by atoms with E-state index in [1.54, 1.807) is 31.2 Å². The molecule has 152 valence electrons. The predicted octanol–water partition coefficient (Wildman–Crippen LogP) is 1.99. The van der Waals surface area contributed by atoms with Crippen molar-refractivity contribution in [1.29, 1.82) is 0 Å². The summed E-state index contributed by atoms with van der Waals surface area (Å²) in [6.07, 6.45) is 1.27. The number of esters is 2. The molecule has 0 bridgehead atoms. The van der Waals surface area contributed by atoms with Gasteiger partial charge in [0.05, 0.1) is 36.6 Å². The molecule has 0 aliphatic carbocycles. The molecule has 1 aromatic carbocycles. The molecule has 1 aliphatic rings. The van der Waals surface area contributed by atoms with Gasteiger partial charge in [-0.1, -0.05) is 11.8 Å². The number of amides is 1. The van der Waals surface area contributed by atoms with E-state index in [0.717, 1.165) is 5.75 Å². The van der Waals surface area contributed by atoms with Crippen molar-refractivity contribution in [2.24, 2.45) is 0 Å². The van der Waals surface area contributed by atoms with Gasteiger partial charge in [-0.3, -0.25) is 4.79 Å². The quantitative estimate of drug-likeness (QED) is 0.428. The lowest BCUT2D eigenvalue weighted by Crippen LogP contribution is -2.30. The minimum Gasteiger partial charge on any atom is -0.494 e. The van der Waals surface area contributed by atoms with Crippen molar-refractivity contribution in [1.82, 2.24) is 4.90 Å². The summed E-state index contributed by atoms with van der Waals surface area (Å²) in [6, 6.07) is 6.89. The first-order valence-corrected chi connectivity index (χ1v) is 9.85. The third-order valence-electron chi connectivity index (χ3n) is 3.51. The summed E-state index contributed by atoms with van der Waals surface area (Å²) in [5.74, 6) is 0.264. The smallest absolute Gasteiger partial charge is 0.344 e. The van der Waals surface area contributed by atoms with Gasteiger partial charge in [0.1, 0.15) is 18.1 Å². The minimum atomic E-state index is -0.552. The Hall–Kier alpha value is -2.68. The average molecular weight is 409 g/mol. The van der Waals surface area contributed by atoms with Crippen LogP contribution in [0.25, 0.3) is 0 Å². The molecule has 0 atom stereocenters. The molecular weight excluding hydrogens is 386 g/mol. The SMILES string of the molecule is CCOC(=O)/C=C1\SCC(=O)N1CCOC(=O)COc1ccc(OCC)cc1. The molecule has 0 radical (unpaired) electrons. The topological polar surface area (TPSA) is 91.4 Å². The van der Waals surface area contributed by atoms with Crippen LogP contribution in [0.3, 0.4) is 0 Å². The molecule has 2 rings (SSSR count). The molecule has 1 aromatic rings. The highest BCUT2D eigenvalue weighted by atomic mass is 32.2. The van der Waals surface area contributed by atoms with Crippen molar-refractivity contribution < 1.29 is 33.3 Å². The summed E-state index contributed by atoms with van der Waals surface area (Å²) in [5.41, 5.74) is 0. The maximum atomic E-state index is 11.9. The van der Waals surface area contributed by atoms with Gasteiger partial charge in [-0.15, -0.1) is 0 Å². The highest BCUT2D eigenvalue weighted by Gasteiger charge is 2.27. The molecular formula is C19H23NO7S. The van der Waals surface area contributed by atoms with Gasteiger partial charge >= 0.3 is 11.9 Å². The molecule has 1 fully saturated rings. The molecule has 0 saturated carbocycles. The largest absolute Gasteiger partial charge is 0.494 e. The van der Waals surface area contributed by atoms with E-state index in [0.29, 0.717) is 17.4 Å². The van der Waals surface area contributed by atoms with Crippen molar-refractivity contribution in [3.8, 4) is 11.5 Å². The monoisotopic (exact) mass is 409 g/mol. The molecule has 0 unspecified atom stereocenters. The van der Waals surface area contributed by atoms with Crippen LogP contribution in [0.15, 0.2) is 35.4 Å². The lowest BCUT2D eigenvalue weighted by molar-refractivity contribution is -0.147. The van der Waals surface area contributed by atoms with Gasteiger partial charge in [-0.05, 0) is 38.1 Å². The van der Waals surface area contributed by atoms with E-state index in [2.05, 4.69) is 0 Å². The van der Waals surface area contributed by atoms with Gasteiger partial charge in [0.25, 0.3) is 0 Å². The van der Waals surface area contributed by atoms with Crippen molar-refractivity contribution in [2.45, 2.75) is 13.8 Å². The van der Waals surface area contributed by atoms with Crippen molar-refractivity contribution in [2.75, 3.05) is 38.7 Å². The summed E-state index contributed by atoms with van der Waals surface area (Å²) in [5, 5.41) is 0.491. The average Bonchev–Trinajstić information content (AvgIpc) is 3.01. The van der Waals surface area contributed by atoms with Crippen LogP contribution in [0.1, 0.15) is 13.8 Å². The van der Waals surface area contributed by atoms with E-state index in [4.69, 9.17) is 18.9 Å². The van der Waals surface area contributed by atoms with E-state index in [1.807, 2.05) is 6.92 Å². The van der Waals surface area contributed by atoms with Crippen LogP contribution < -0.4 is 9.47 Å². The number of hydrogen-bond acceptors (Lipinski definition) is 8. The minimum absolute atomic E-state index is 0.00205. The Morgan fingerprint density at radius 3 is 2.39 bits per heavy atom. The Bertz CT molecular complexity index is 717. The van der Waals surface area contributed by atoms with Crippen LogP contribution in [-0.4, -0.2) is 61.5 Å². The second-order valence-electron chi connectivity index (χ2n) is 5.48. The van der Waals surface area contributed by atoms with E-state index < -0.39 is 11.9 Å². The molecule has 1 saturated heterocycles. The molecule has 8 nitrogen and oxygen atoms in total. The fourth-order valence-corrected chi connectivity index (χ4v) is 3.24. The lowest BCUT2D eigenvalue weighted by atomic mass is 10.3. The number of ether oxygens (including phenoxy) is 4. The molecule has 9 heteroatoms. The van der Waals surface area contributed by atoms with Gasteiger partial charge in [0.15, 0.2) is 6.61 Å². The van der Waals surface area contributed by atoms with Crippen molar-refractivity contribution in [3.63, 3.8) is 0 Å². The van der Waals surface area contributed by atoms with Crippen LogP contribution >= 0.6 is 11.8 Å². The highest BCUT2D eigenvalue weighted by Crippen LogP contribution is 2.28. The number of nitrogens with zero attached hydrogens (tertiary/aromatic N) is 1. The van der Waals surface area contributed by atoms with Crippen LogP contribution in [0.5, 0.6) is 11.5 Å². The molecule has 28 heavy (non-hydrogen) atoms. The standard InChI is InChI=1S/C19H23NO7S/c1-3-24-14-5-7-15(8-6-14)27-12-19(23)26-10-9-20-16(21)13-28-17(20)11-18(22)25-4-2/h5-8,11H,3-4,9-10,12-13H2,1-2H3/b17-11-. The first kappa shape index (κ1) is 21.6. The molecule has 0 aromatic heterocycles. The fraction of sp³-hybridized carbons (Fsp3) is 0.421. The van der Waals surface area contributed by atoms with E-state index >= 15 is 0 Å². The first-order valence-electron chi connectivity index (χ1n) is 8.86. The number of benzene rings is 1. The van der Waals surface area contributed by atoms with Gasteiger partial charge in [0.2, 0.25) is 5.91 Å². The Morgan fingerprint density at radius 1 is 1.07 bits per heavy atom. The molecule has 1 heterocycles. The van der Waals surface area contributed by atoms with Gasteiger partial charge in [-0.25, -0.2) is 9.59 Å².